The molecule has 1 aromatic heterocycles. The molecule has 4 nitrogen and oxygen atoms in total. The molecule has 0 aliphatic carbocycles. The number of para-hydroxylation sites is 1. The minimum Gasteiger partial charge on any atom is -0.478 e. The van der Waals surface area contributed by atoms with Gasteiger partial charge in [0.05, 0.1) is 24.1 Å². The molecule has 0 unspecified atom stereocenters. The van der Waals surface area contributed by atoms with Crippen LogP contribution >= 0.6 is 0 Å². The van der Waals surface area contributed by atoms with Crippen molar-refractivity contribution in [2.45, 2.75) is 6.54 Å². The molecule has 0 amide bonds. The topological polar surface area (TPSA) is 62.5 Å². The lowest BCUT2D eigenvalue weighted by atomic mass is 10.1. The maximum Gasteiger partial charge on any atom is 0.337 e. The number of benzene rings is 1. The van der Waals surface area contributed by atoms with Crippen molar-refractivity contribution in [2.75, 3.05) is 5.32 Å². The molecule has 0 saturated heterocycles. The first-order valence-electron chi connectivity index (χ1n) is 4.96. The summed E-state index contributed by atoms with van der Waals surface area (Å²) in [5.74, 6) is -1.17. The quantitative estimate of drug-likeness (QED) is 0.855. The molecule has 0 radical (unpaired) electrons. The number of rotatable bonds is 4. The van der Waals surface area contributed by atoms with Crippen LogP contribution in [0.5, 0.6) is 0 Å². The van der Waals surface area contributed by atoms with E-state index in [0.29, 0.717) is 5.76 Å². The van der Waals surface area contributed by atoms with E-state index in [1.807, 2.05) is 0 Å². The fraction of sp³-hybridized carbons (Fsp3) is 0.0833. The van der Waals surface area contributed by atoms with Crippen LogP contribution in [0.4, 0.5) is 10.1 Å². The van der Waals surface area contributed by atoms with E-state index in [2.05, 4.69) is 5.32 Å². The number of carboxylic acids is 1. The number of carboxylic acid groups (broad SMARTS) is 1. The van der Waals surface area contributed by atoms with E-state index >= 15 is 0 Å². The number of hydrogen-bond donors (Lipinski definition) is 2. The van der Waals surface area contributed by atoms with Crippen molar-refractivity contribution in [1.29, 1.82) is 0 Å². The standard InChI is InChI=1S/C12H10FNO3/c13-10-5-1-4-9(12(15)16)11(10)14-7-8-3-2-6-17-8/h1-6,14H,7H2,(H,15,16). The van der Waals surface area contributed by atoms with Crippen LogP contribution in [-0.4, -0.2) is 11.1 Å². The number of anilines is 1. The lowest BCUT2D eigenvalue weighted by Crippen LogP contribution is -2.08. The van der Waals surface area contributed by atoms with Crippen molar-refractivity contribution in [3.05, 3.63) is 53.7 Å². The Morgan fingerprint density at radius 1 is 1.35 bits per heavy atom. The third-order valence-electron chi connectivity index (χ3n) is 2.26. The number of hydrogen-bond acceptors (Lipinski definition) is 3. The summed E-state index contributed by atoms with van der Waals surface area (Å²) in [6.45, 7) is 0.230. The number of aromatic carboxylic acids is 1. The summed E-state index contributed by atoms with van der Waals surface area (Å²) < 4.78 is 18.5. The van der Waals surface area contributed by atoms with Crippen molar-refractivity contribution >= 4 is 11.7 Å². The second-order valence-corrected chi connectivity index (χ2v) is 3.40. The monoisotopic (exact) mass is 235 g/mol. The molecule has 0 bridgehead atoms. The molecular formula is C12H10FNO3. The van der Waals surface area contributed by atoms with E-state index in [-0.39, 0.29) is 17.8 Å². The second kappa shape index (κ2) is 4.69. The molecule has 88 valence electrons. The summed E-state index contributed by atoms with van der Waals surface area (Å²) >= 11 is 0. The van der Waals surface area contributed by atoms with Crippen molar-refractivity contribution in [3.63, 3.8) is 0 Å². The van der Waals surface area contributed by atoms with Gasteiger partial charge in [0.2, 0.25) is 0 Å². The zero-order chi connectivity index (χ0) is 12.3. The Kier molecular flexibility index (Phi) is 3.09. The molecule has 17 heavy (non-hydrogen) atoms. The first kappa shape index (κ1) is 11.2. The van der Waals surface area contributed by atoms with Gasteiger partial charge >= 0.3 is 5.97 Å². The van der Waals surface area contributed by atoms with Gasteiger partial charge in [-0.3, -0.25) is 0 Å². The molecule has 0 aliphatic rings. The highest BCUT2D eigenvalue weighted by Crippen LogP contribution is 2.20. The Hall–Kier alpha value is -2.30. The van der Waals surface area contributed by atoms with Crippen LogP contribution in [0, 0.1) is 5.82 Å². The van der Waals surface area contributed by atoms with Crippen molar-refractivity contribution < 1.29 is 18.7 Å². The Morgan fingerprint density at radius 2 is 2.18 bits per heavy atom. The fourth-order valence-corrected chi connectivity index (χ4v) is 1.47. The van der Waals surface area contributed by atoms with Gasteiger partial charge in [-0.1, -0.05) is 6.07 Å². The predicted octanol–water partition coefficient (Wildman–Crippen LogP) is 2.73. The van der Waals surface area contributed by atoms with Gasteiger partial charge in [-0.15, -0.1) is 0 Å². The van der Waals surface area contributed by atoms with E-state index in [0.717, 1.165) is 0 Å². The molecule has 0 fully saturated rings. The highest BCUT2D eigenvalue weighted by Gasteiger charge is 2.13. The minimum absolute atomic E-state index is 0.0311. The van der Waals surface area contributed by atoms with E-state index in [1.54, 1.807) is 12.1 Å². The van der Waals surface area contributed by atoms with E-state index in [4.69, 9.17) is 9.52 Å². The summed E-state index contributed by atoms with van der Waals surface area (Å²) in [5, 5.41) is 11.6. The molecule has 2 rings (SSSR count). The zero-order valence-corrected chi connectivity index (χ0v) is 8.81. The minimum atomic E-state index is -1.17. The Morgan fingerprint density at radius 3 is 2.82 bits per heavy atom. The molecule has 2 aromatic rings. The van der Waals surface area contributed by atoms with Gasteiger partial charge in [-0.2, -0.15) is 0 Å². The van der Waals surface area contributed by atoms with Gasteiger partial charge in [0.1, 0.15) is 11.6 Å². The fourth-order valence-electron chi connectivity index (χ4n) is 1.47. The maximum atomic E-state index is 13.5. The smallest absolute Gasteiger partial charge is 0.337 e. The molecule has 2 N–H and O–H groups in total. The van der Waals surface area contributed by atoms with E-state index < -0.39 is 11.8 Å². The Labute approximate surface area is 96.7 Å². The van der Waals surface area contributed by atoms with Gasteiger partial charge in [-0.25, -0.2) is 9.18 Å². The van der Waals surface area contributed by atoms with Gasteiger partial charge < -0.3 is 14.8 Å². The van der Waals surface area contributed by atoms with Crippen LogP contribution in [0.3, 0.4) is 0 Å². The van der Waals surface area contributed by atoms with Gasteiger partial charge in [-0.05, 0) is 24.3 Å². The van der Waals surface area contributed by atoms with Crippen molar-refractivity contribution in [1.82, 2.24) is 0 Å². The summed E-state index contributed by atoms with van der Waals surface area (Å²) in [6, 6.07) is 7.33. The van der Waals surface area contributed by atoms with Crippen molar-refractivity contribution in [2.24, 2.45) is 0 Å². The molecule has 0 aliphatic heterocycles. The van der Waals surface area contributed by atoms with Crippen LogP contribution in [0.15, 0.2) is 41.0 Å². The third kappa shape index (κ3) is 2.44. The largest absolute Gasteiger partial charge is 0.478 e. The Bertz CT molecular complexity index is 523. The van der Waals surface area contributed by atoms with E-state index in [9.17, 15) is 9.18 Å². The lowest BCUT2D eigenvalue weighted by Gasteiger charge is -2.09. The average Bonchev–Trinajstić information content (AvgIpc) is 2.80. The normalized spacial score (nSPS) is 10.2. The van der Waals surface area contributed by atoms with Crippen LogP contribution in [0.25, 0.3) is 0 Å². The molecule has 1 aromatic carbocycles. The predicted molar refractivity (Wildman–Crippen MR) is 59.4 cm³/mol. The maximum absolute atomic E-state index is 13.5. The summed E-state index contributed by atoms with van der Waals surface area (Å²) in [6.07, 6.45) is 1.50. The highest BCUT2D eigenvalue weighted by atomic mass is 19.1. The molecule has 0 saturated carbocycles. The van der Waals surface area contributed by atoms with Crippen molar-refractivity contribution in [3.8, 4) is 0 Å². The SMILES string of the molecule is O=C(O)c1cccc(F)c1NCc1ccco1. The number of carbonyl (C=O) groups is 1. The van der Waals surface area contributed by atoms with Crippen LogP contribution in [-0.2, 0) is 6.54 Å². The van der Waals surface area contributed by atoms with Crippen LogP contribution in [0.1, 0.15) is 16.1 Å². The Balaban J connectivity index is 2.22. The summed E-state index contributed by atoms with van der Waals surface area (Å²) in [7, 11) is 0. The summed E-state index contributed by atoms with van der Waals surface area (Å²) in [4.78, 5) is 10.9. The highest BCUT2D eigenvalue weighted by molar-refractivity contribution is 5.94. The number of furan rings is 1. The summed E-state index contributed by atoms with van der Waals surface area (Å²) in [5.41, 5.74) is -0.132. The van der Waals surface area contributed by atoms with Crippen LogP contribution < -0.4 is 5.32 Å². The van der Waals surface area contributed by atoms with Gasteiger partial charge in [0, 0.05) is 0 Å². The third-order valence-corrected chi connectivity index (χ3v) is 2.26. The first-order chi connectivity index (χ1) is 8.18. The second-order valence-electron chi connectivity index (χ2n) is 3.40. The van der Waals surface area contributed by atoms with Gasteiger partial charge in [0.25, 0.3) is 0 Å². The number of nitrogens with one attached hydrogen (secondary N) is 1. The van der Waals surface area contributed by atoms with E-state index in [1.165, 1.54) is 24.5 Å². The molecule has 0 atom stereocenters. The molecule has 5 heteroatoms. The molecule has 1 heterocycles. The number of halogens is 1. The van der Waals surface area contributed by atoms with Gasteiger partial charge in [0.15, 0.2) is 0 Å². The first-order valence-corrected chi connectivity index (χ1v) is 4.96. The average molecular weight is 235 g/mol. The molecular weight excluding hydrogens is 225 g/mol. The zero-order valence-electron chi connectivity index (χ0n) is 8.81. The van der Waals surface area contributed by atoms with Crippen LogP contribution in [0.2, 0.25) is 0 Å². The molecule has 0 spiro atoms. The lowest BCUT2D eigenvalue weighted by molar-refractivity contribution is 0.0697.